The predicted molar refractivity (Wildman–Crippen MR) is 94.4 cm³/mol. The van der Waals surface area contributed by atoms with Crippen molar-refractivity contribution in [2.75, 3.05) is 0 Å². The third-order valence-corrected chi connectivity index (χ3v) is 8.90. The number of rotatable bonds is 5. The lowest BCUT2D eigenvalue weighted by molar-refractivity contribution is 0.0467. The fourth-order valence-electron chi connectivity index (χ4n) is 3.49. The molecule has 0 amide bonds. The summed E-state index contributed by atoms with van der Waals surface area (Å²) in [4.78, 5) is 0. The van der Waals surface area contributed by atoms with Crippen molar-refractivity contribution in [3.8, 4) is 0 Å². The summed E-state index contributed by atoms with van der Waals surface area (Å²) < 4.78 is 0. The van der Waals surface area contributed by atoms with Gasteiger partial charge in [0.25, 0.3) is 0 Å². The fourth-order valence-corrected chi connectivity index (χ4v) is 5.69. The second kappa shape index (κ2) is 5.94. The highest BCUT2D eigenvalue weighted by molar-refractivity contribution is 6.95. The number of benzene rings is 1. The van der Waals surface area contributed by atoms with Gasteiger partial charge in [0, 0.05) is 0 Å². The molecule has 114 valence electrons. The van der Waals surface area contributed by atoms with Crippen LogP contribution in [0.5, 0.6) is 0 Å². The Bertz CT molecular complexity index is 532. The SMILES string of the molecule is C=C1CC(O)(CC(=C)[Si](C)(C)c2ccccc2)CC1CC. The molecule has 2 rings (SSSR count). The Kier molecular flexibility index (Phi) is 4.59. The molecule has 1 aliphatic carbocycles. The van der Waals surface area contributed by atoms with Gasteiger partial charge >= 0.3 is 0 Å². The zero-order valence-corrected chi connectivity index (χ0v) is 14.7. The van der Waals surface area contributed by atoms with Crippen LogP contribution in [0.15, 0.2) is 54.3 Å². The Labute approximate surface area is 130 Å². The molecule has 1 nitrogen and oxygen atoms in total. The first-order chi connectivity index (χ1) is 9.78. The zero-order chi connectivity index (χ0) is 15.7. The highest BCUT2D eigenvalue weighted by Gasteiger charge is 2.41. The molecule has 2 unspecified atom stereocenters. The predicted octanol–water partition coefficient (Wildman–Crippen LogP) is 4.19. The van der Waals surface area contributed by atoms with Crippen molar-refractivity contribution >= 4 is 13.3 Å². The van der Waals surface area contributed by atoms with Crippen LogP contribution in [0.3, 0.4) is 0 Å². The second-order valence-electron chi connectivity index (χ2n) is 7.14. The molecule has 1 fully saturated rings. The summed E-state index contributed by atoms with van der Waals surface area (Å²) in [6.45, 7) is 15.3. The molecular formula is C19H28OSi. The van der Waals surface area contributed by atoms with Crippen LogP contribution >= 0.6 is 0 Å². The van der Waals surface area contributed by atoms with E-state index in [0.717, 1.165) is 25.7 Å². The summed E-state index contributed by atoms with van der Waals surface area (Å²) in [6.07, 6.45) is 3.38. The van der Waals surface area contributed by atoms with Crippen LogP contribution in [0.4, 0.5) is 0 Å². The highest BCUT2D eigenvalue weighted by Crippen LogP contribution is 2.43. The molecule has 1 saturated carbocycles. The fraction of sp³-hybridized carbons (Fsp3) is 0.474. The van der Waals surface area contributed by atoms with E-state index >= 15 is 0 Å². The van der Waals surface area contributed by atoms with Gasteiger partial charge in [0.15, 0.2) is 0 Å². The van der Waals surface area contributed by atoms with E-state index in [1.54, 1.807) is 0 Å². The van der Waals surface area contributed by atoms with E-state index in [1.165, 1.54) is 16.0 Å². The van der Waals surface area contributed by atoms with Crippen LogP contribution < -0.4 is 5.19 Å². The van der Waals surface area contributed by atoms with Crippen molar-refractivity contribution in [1.82, 2.24) is 0 Å². The van der Waals surface area contributed by atoms with Gasteiger partial charge in [-0.2, -0.15) is 0 Å². The Morgan fingerprint density at radius 2 is 1.95 bits per heavy atom. The quantitative estimate of drug-likeness (QED) is 0.638. The summed E-state index contributed by atoms with van der Waals surface area (Å²) in [5.41, 5.74) is 0.598. The molecule has 2 atom stereocenters. The van der Waals surface area contributed by atoms with Gasteiger partial charge in [-0.1, -0.05) is 72.9 Å². The van der Waals surface area contributed by atoms with Crippen LogP contribution in [0.1, 0.15) is 32.6 Å². The summed E-state index contributed by atoms with van der Waals surface area (Å²) in [5, 5.41) is 13.6. The van der Waals surface area contributed by atoms with Crippen LogP contribution in [-0.2, 0) is 0 Å². The van der Waals surface area contributed by atoms with Crippen LogP contribution in [0.25, 0.3) is 0 Å². The van der Waals surface area contributed by atoms with Gasteiger partial charge in [-0.25, -0.2) is 0 Å². The lowest BCUT2D eigenvalue weighted by Crippen LogP contribution is -2.45. The first kappa shape index (κ1) is 16.3. The molecule has 0 aromatic heterocycles. The van der Waals surface area contributed by atoms with Crippen molar-refractivity contribution in [2.24, 2.45) is 5.92 Å². The van der Waals surface area contributed by atoms with E-state index in [9.17, 15) is 5.11 Å². The highest BCUT2D eigenvalue weighted by atomic mass is 28.3. The van der Waals surface area contributed by atoms with Gasteiger partial charge < -0.3 is 5.11 Å². The van der Waals surface area contributed by atoms with Gasteiger partial charge in [-0.05, 0) is 31.6 Å². The minimum atomic E-state index is -1.74. The maximum atomic E-state index is 10.9. The van der Waals surface area contributed by atoms with E-state index in [2.05, 4.69) is 63.5 Å². The van der Waals surface area contributed by atoms with Crippen LogP contribution in [0.2, 0.25) is 13.1 Å². The summed E-state index contributed by atoms with van der Waals surface area (Å²) in [6, 6.07) is 10.6. The van der Waals surface area contributed by atoms with Crippen LogP contribution in [0, 0.1) is 5.92 Å². The maximum absolute atomic E-state index is 10.9. The molecule has 21 heavy (non-hydrogen) atoms. The number of hydrogen-bond acceptors (Lipinski definition) is 1. The standard InChI is InChI=1S/C19H28OSi/c1-6-17-14-19(20,12-15(17)2)13-16(3)21(4,5)18-10-8-7-9-11-18/h7-11,17,20H,2-3,6,12-14H2,1,4-5H3. The van der Waals surface area contributed by atoms with E-state index < -0.39 is 13.7 Å². The third kappa shape index (κ3) is 3.38. The third-order valence-electron chi connectivity index (χ3n) is 5.17. The lowest BCUT2D eigenvalue weighted by Gasteiger charge is -2.32. The smallest absolute Gasteiger partial charge is 0.106 e. The molecule has 1 aliphatic rings. The van der Waals surface area contributed by atoms with Gasteiger partial charge in [0.05, 0.1) is 5.60 Å². The van der Waals surface area contributed by atoms with E-state index in [1.807, 2.05) is 0 Å². The molecule has 0 aliphatic heterocycles. The first-order valence-corrected chi connectivity index (χ1v) is 10.9. The van der Waals surface area contributed by atoms with Crippen molar-refractivity contribution in [3.05, 3.63) is 54.3 Å². The molecule has 0 heterocycles. The monoisotopic (exact) mass is 300 g/mol. The molecule has 2 heteroatoms. The van der Waals surface area contributed by atoms with Crippen molar-refractivity contribution in [2.45, 2.75) is 51.3 Å². The molecule has 0 radical (unpaired) electrons. The lowest BCUT2D eigenvalue weighted by atomic mass is 9.95. The molecule has 0 bridgehead atoms. The average Bonchev–Trinajstić information content (AvgIpc) is 2.74. The Hall–Kier alpha value is -1.12. The number of aliphatic hydroxyl groups is 1. The Morgan fingerprint density at radius 3 is 2.48 bits per heavy atom. The summed E-state index contributed by atoms with van der Waals surface area (Å²) >= 11 is 0. The summed E-state index contributed by atoms with van der Waals surface area (Å²) in [7, 11) is -1.74. The van der Waals surface area contributed by atoms with Gasteiger partial charge in [-0.3, -0.25) is 0 Å². The van der Waals surface area contributed by atoms with Crippen molar-refractivity contribution in [1.29, 1.82) is 0 Å². The van der Waals surface area contributed by atoms with Crippen molar-refractivity contribution in [3.63, 3.8) is 0 Å². The molecule has 1 N–H and O–H groups in total. The van der Waals surface area contributed by atoms with Gasteiger partial charge in [0.2, 0.25) is 0 Å². The van der Waals surface area contributed by atoms with E-state index in [0.29, 0.717) is 5.92 Å². The first-order valence-electron chi connectivity index (χ1n) is 7.92. The van der Waals surface area contributed by atoms with Crippen LogP contribution in [-0.4, -0.2) is 18.8 Å². The van der Waals surface area contributed by atoms with Gasteiger partial charge in [-0.15, -0.1) is 6.58 Å². The summed E-state index contributed by atoms with van der Waals surface area (Å²) in [5.74, 6) is 0.476. The minimum absolute atomic E-state index is 0.476. The second-order valence-corrected chi connectivity index (χ2v) is 11.7. The van der Waals surface area contributed by atoms with Gasteiger partial charge in [0.1, 0.15) is 8.07 Å². The molecule has 1 aromatic carbocycles. The largest absolute Gasteiger partial charge is 0.389 e. The van der Waals surface area contributed by atoms with E-state index in [-0.39, 0.29) is 0 Å². The van der Waals surface area contributed by atoms with E-state index in [4.69, 9.17) is 0 Å². The Balaban J connectivity index is 2.13. The van der Waals surface area contributed by atoms with Crippen molar-refractivity contribution < 1.29 is 5.11 Å². The molecule has 0 saturated heterocycles. The molecule has 1 aromatic rings. The zero-order valence-electron chi connectivity index (χ0n) is 13.7. The molecule has 0 spiro atoms. The maximum Gasteiger partial charge on any atom is 0.106 e. The topological polar surface area (TPSA) is 20.2 Å². The normalized spacial score (nSPS) is 26.1. The molecular weight excluding hydrogens is 272 g/mol. The minimum Gasteiger partial charge on any atom is -0.389 e. The number of hydrogen-bond donors (Lipinski definition) is 1. The Morgan fingerprint density at radius 1 is 1.33 bits per heavy atom. The average molecular weight is 301 g/mol.